The lowest BCUT2D eigenvalue weighted by molar-refractivity contribution is 0.159. The first-order valence-corrected chi connectivity index (χ1v) is 5.90. The summed E-state index contributed by atoms with van der Waals surface area (Å²) in [5.74, 6) is 0.173. The van der Waals surface area contributed by atoms with Gasteiger partial charge in [0.15, 0.2) is 0 Å². The van der Waals surface area contributed by atoms with Gasteiger partial charge in [-0.1, -0.05) is 13.8 Å². The molecule has 0 N–H and O–H groups in total. The maximum Gasteiger partial charge on any atom is 0.424 e. The zero-order valence-electron chi connectivity index (χ0n) is 12.2. The third-order valence-electron chi connectivity index (χ3n) is 2.30. The largest absolute Gasteiger partial charge is 0.452 e. The molecule has 0 aliphatic heterocycles. The van der Waals surface area contributed by atoms with E-state index in [0.717, 1.165) is 16.0 Å². The molecule has 1 aromatic rings. The second kappa shape index (κ2) is 8.07. The van der Waals surface area contributed by atoms with E-state index in [0.29, 0.717) is 0 Å². The second-order valence-electron chi connectivity index (χ2n) is 3.40. The number of hydrogen-bond donors (Lipinski definition) is 0. The minimum absolute atomic E-state index is 0.173. The monoisotopic (exact) mass is 268 g/mol. The Hall–Kier alpha value is -2.11. The number of amides is 2. The van der Waals surface area contributed by atoms with Crippen LogP contribution in [0, 0.1) is 13.8 Å². The van der Waals surface area contributed by atoms with Crippen LogP contribution < -0.4 is 4.90 Å². The molecule has 0 bridgehead atoms. The Labute approximate surface area is 113 Å². The number of methoxy groups -OCH3 is 2. The number of aromatic nitrogens is 1. The van der Waals surface area contributed by atoms with E-state index in [1.807, 2.05) is 27.7 Å². The highest BCUT2D eigenvalue weighted by Gasteiger charge is 2.26. The van der Waals surface area contributed by atoms with Crippen molar-refractivity contribution in [3.8, 4) is 0 Å². The van der Waals surface area contributed by atoms with Gasteiger partial charge in [0.25, 0.3) is 0 Å². The van der Waals surface area contributed by atoms with E-state index in [2.05, 4.69) is 14.5 Å². The fourth-order valence-corrected chi connectivity index (χ4v) is 1.18. The van der Waals surface area contributed by atoms with Gasteiger partial charge in [-0.2, -0.15) is 4.90 Å². The van der Waals surface area contributed by atoms with E-state index in [-0.39, 0.29) is 5.82 Å². The van der Waals surface area contributed by atoms with Crippen molar-refractivity contribution in [3.63, 3.8) is 0 Å². The molecule has 1 aromatic heterocycles. The van der Waals surface area contributed by atoms with Crippen LogP contribution >= 0.6 is 0 Å². The number of anilines is 1. The standard InChI is InChI=1S/C11H14N2O4.C2H6/c1-7-5-9(12-6-8(7)2)13(10(14)16-3)11(15)17-4;1-2/h5-6H,1-4H3;1-2H3. The van der Waals surface area contributed by atoms with Gasteiger partial charge < -0.3 is 9.47 Å². The van der Waals surface area contributed by atoms with Crippen LogP contribution in [-0.2, 0) is 9.47 Å². The molecule has 0 aromatic carbocycles. The summed E-state index contributed by atoms with van der Waals surface area (Å²) in [6, 6.07) is 1.61. The zero-order valence-corrected chi connectivity index (χ0v) is 12.2. The highest BCUT2D eigenvalue weighted by atomic mass is 16.6. The number of aryl methyl sites for hydroxylation is 2. The highest BCUT2D eigenvalue weighted by molar-refractivity contribution is 6.08. The van der Waals surface area contributed by atoms with Crippen molar-refractivity contribution in [1.82, 2.24) is 4.98 Å². The van der Waals surface area contributed by atoms with E-state index in [4.69, 9.17) is 0 Å². The van der Waals surface area contributed by atoms with Crippen molar-refractivity contribution in [2.24, 2.45) is 0 Å². The van der Waals surface area contributed by atoms with Gasteiger partial charge >= 0.3 is 12.2 Å². The third-order valence-corrected chi connectivity index (χ3v) is 2.30. The molecule has 0 atom stereocenters. The fraction of sp³-hybridized carbons (Fsp3) is 0.462. The Morgan fingerprint density at radius 2 is 1.53 bits per heavy atom. The molecule has 1 heterocycles. The van der Waals surface area contributed by atoms with E-state index in [9.17, 15) is 9.59 Å². The predicted octanol–water partition coefficient (Wildman–Crippen LogP) is 3.06. The van der Waals surface area contributed by atoms with Crippen LogP contribution in [0.1, 0.15) is 25.0 Å². The first-order chi connectivity index (χ1) is 9.01. The third kappa shape index (κ3) is 4.24. The lowest BCUT2D eigenvalue weighted by Gasteiger charge is -2.17. The number of nitrogens with zero attached hydrogens (tertiary/aromatic N) is 2. The van der Waals surface area contributed by atoms with Gasteiger partial charge in [-0.05, 0) is 31.0 Å². The maximum atomic E-state index is 11.5. The van der Waals surface area contributed by atoms with Crippen molar-refractivity contribution < 1.29 is 19.1 Å². The number of carbonyl (C=O) groups is 2. The van der Waals surface area contributed by atoms with E-state index < -0.39 is 12.2 Å². The molecular formula is C13H20N2O4. The Bertz CT molecular complexity index is 430. The summed E-state index contributed by atoms with van der Waals surface area (Å²) in [4.78, 5) is 27.7. The molecule has 6 nitrogen and oxygen atoms in total. The molecule has 0 spiro atoms. The quantitative estimate of drug-likeness (QED) is 0.783. The van der Waals surface area contributed by atoms with Crippen LogP contribution in [-0.4, -0.2) is 31.4 Å². The van der Waals surface area contributed by atoms with Crippen LogP contribution in [0.25, 0.3) is 0 Å². The Morgan fingerprint density at radius 1 is 1.05 bits per heavy atom. The van der Waals surface area contributed by atoms with Gasteiger partial charge in [0.1, 0.15) is 5.82 Å². The zero-order chi connectivity index (χ0) is 15.0. The summed E-state index contributed by atoms with van der Waals surface area (Å²) in [7, 11) is 2.36. The first-order valence-electron chi connectivity index (χ1n) is 5.90. The molecule has 0 unspecified atom stereocenters. The van der Waals surface area contributed by atoms with E-state index in [1.54, 1.807) is 12.3 Å². The summed E-state index contributed by atoms with van der Waals surface area (Å²) in [5.41, 5.74) is 1.87. The summed E-state index contributed by atoms with van der Waals surface area (Å²) in [6.07, 6.45) is -0.107. The highest BCUT2D eigenvalue weighted by Crippen LogP contribution is 2.17. The van der Waals surface area contributed by atoms with E-state index >= 15 is 0 Å². The smallest absolute Gasteiger partial charge is 0.424 e. The summed E-state index contributed by atoms with van der Waals surface area (Å²) in [5, 5.41) is 0. The molecule has 0 aliphatic rings. The molecule has 0 aliphatic carbocycles. The number of ether oxygens (including phenoxy) is 2. The minimum Gasteiger partial charge on any atom is -0.452 e. The normalized spacial score (nSPS) is 8.95. The summed E-state index contributed by atoms with van der Waals surface area (Å²) >= 11 is 0. The molecule has 0 radical (unpaired) electrons. The first kappa shape index (κ1) is 16.9. The lowest BCUT2D eigenvalue weighted by Crippen LogP contribution is -2.37. The SMILES string of the molecule is CC.COC(=O)N(C(=O)OC)c1cc(C)c(C)cn1. The summed E-state index contributed by atoms with van der Waals surface area (Å²) < 4.78 is 9.01. The van der Waals surface area contributed by atoms with Crippen LogP contribution in [0.15, 0.2) is 12.3 Å². The van der Waals surface area contributed by atoms with Crippen molar-refractivity contribution in [2.45, 2.75) is 27.7 Å². The van der Waals surface area contributed by atoms with Crippen molar-refractivity contribution in [3.05, 3.63) is 23.4 Å². The van der Waals surface area contributed by atoms with Gasteiger partial charge in [0.05, 0.1) is 14.2 Å². The molecule has 0 saturated heterocycles. The van der Waals surface area contributed by atoms with Gasteiger partial charge in [0, 0.05) is 6.20 Å². The number of pyridine rings is 1. The van der Waals surface area contributed by atoms with Crippen molar-refractivity contribution >= 4 is 18.0 Å². The molecule has 1 rings (SSSR count). The number of imide groups is 1. The van der Waals surface area contributed by atoms with Gasteiger partial charge in [-0.3, -0.25) is 0 Å². The maximum absolute atomic E-state index is 11.5. The molecular weight excluding hydrogens is 248 g/mol. The average Bonchev–Trinajstić information content (AvgIpc) is 2.44. The number of rotatable bonds is 1. The van der Waals surface area contributed by atoms with Crippen molar-refractivity contribution in [1.29, 1.82) is 0 Å². The number of hydrogen-bond acceptors (Lipinski definition) is 5. The molecule has 0 fully saturated rings. The van der Waals surface area contributed by atoms with Gasteiger partial charge in [-0.15, -0.1) is 0 Å². The van der Waals surface area contributed by atoms with Crippen molar-refractivity contribution in [2.75, 3.05) is 19.1 Å². The van der Waals surface area contributed by atoms with E-state index in [1.165, 1.54) is 14.2 Å². The number of carbonyl (C=O) groups excluding carboxylic acids is 2. The Kier molecular flexibility index (Phi) is 7.18. The van der Waals surface area contributed by atoms with Crippen LogP contribution in [0.5, 0.6) is 0 Å². The second-order valence-corrected chi connectivity index (χ2v) is 3.40. The minimum atomic E-state index is -0.840. The lowest BCUT2D eigenvalue weighted by atomic mass is 10.2. The van der Waals surface area contributed by atoms with Gasteiger partial charge in [0.2, 0.25) is 0 Å². The molecule has 19 heavy (non-hydrogen) atoms. The Balaban J connectivity index is 0.00000154. The van der Waals surface area contributed by atoms with Crippen LogP contribution in [0.4, 0.5) is 15.4 Å². The topological polar surface area (TPSA) is 68.7 Å². The van der Waals surface area contributed by atoms with Crippen LogP contribution in [0.2, 0.25) is 0 Å². The fourth-order valence-electron chi connectivity index (χ4n) is 1.18. The molecule has 2 amide bonds. The van der Waals surface area contributed by atoms with Gasteiger partial charge in [-0.25, -0.2) is 14.6 Å². The molecule has 106 valence electrons. The predicted molar refractivity (Wildman–Crippen MR) is 72.3 cm³/mol. The molecule has 6 heteroatoms. The summed E-state index contributed by atoms with van der Waals surface area (Å²) in [6.45, 7) is 7.74. The molecule has 0 saturated carbocycles. The van der Waals surface area contributed by atoms with Crippen LogP contribution in [0.3, 0.4) is 0 Å². The average molecular weight is 268 g/mol. The Morgan fingerprint density at radius 3 is 1.89 bits per heavy atom.